The lowest BCUT2D eigenvalue weighted by molar-refractivity contribution is -0.142. The van der Waals surface area contributed by atoms with Crippen LogP contribution >= 0.6 is 0 Å². The van der Waals surface area contributed by atoms with Crippen LogP contribution in [0, 0.1) is 6.92 Å². The van der Waals surface area contributed by atoms with E-state index in [1.54, 1.807) is 19.9 Å². The van der Waals surface area contributed by atoms with Gasteiger partial charge in [0.15, 0.2) is 0 Å². The lowest BCUT2D eigenvalue weighted by atomic mass is 10.0. The molecule has 1 heterocycles. The summed E-state index contributed by atoms with van der Waals surface area (Å²) in [7, 11) is 0. The van der Waals surface area contributed by atoms with Gasteiger partial charge >= 0.3 is 11.6 Å². The van der Waals surface area contributed by atoms with E-state index in [0.717, 1.165) is 0 Å². The standard InChI is InChI=1S/C14H14O5/c1-3-18-13(16)7-11-8(2)10-5-4-9(15)6-12(10)19-14(11)17/h4-6,15H,3,7H2,1-2H3. The van der Waals surface area contributed by atoms with Gasteiger partial charge in [0.25, 0.3) is 0 Å². The Hall–Kier alpha value is -2.30. The number of phenolic OH excluding ortho intramolecular Hbond substituents is 1. The summed E-state index contributed by atoms with van der Waals surface area (Å²) in [4.78, 5) is 23.3. The minimum absolute atomic E-state index is 0.0215. The van der Waals surface area contributed by atoms with Crippen molar-refractivity contribution in [1.82, 2.24) is 0 Å². The van der Waals surface area contributed by atoms with Crippen molar-refractivity contribution >= 4 is 16.9 Å². The highest BCUT2D eigenvalue weighted by molar-refractivity contribution is 5.84. The maximum absolute atomic E-state index is 11.8. The second-order valence-corrected chi connectivity index (χ2v) is 4.16. The van der Waals surface area contributed by atoms with Crippen molar-refractivity contribution in [3.63, 3.8) is 0 Å². The second-order valence-electron chi connectivity index (χ2n) is 4.16. The molecule has 5 heteroatoms. The number of phenols is 1. The van der Waals surface area contributed by atoms with Crippen LogP contribution in [-0.2, 0) is 16.0 Å². The molecule has 0 bridgehead atoms. The highest BCUT2D eigenvalue weighted by Crippen LogP contribution is 2.23. The molecule has 100 valence electrons. The molecule has 1 aromatic carbocycles. The molecule has 0 unspecified atom stereocenters. The van der Waals surface area contributed by atoms with Crippen molar-refractivity contribution in [2.75, 3.05) is 6.61 Å². The van der Waals surface area contributed by atoms with Gasteiger partial charge in [-0.05, 0) is 31.5 Å². The van der Waals surface area contributed by atoms with Crippen molar-refractivity contribution in [2.45, 2.75) is 20.3 Å². The number of benzene rings is 1. The van der Waals surface area contributed by atoms with E-state index in [0.29, 0.717) is 16.5 Å². The molecule has 0 spiro atoms. The van der Waals surface area contributed by atoms with E-state index in [2.05, 4.69) is 0 Å². The Morgan fingerprint density at radius 3 is 2.84 bits per heavy atom. The number of aromatic hydroxyl groups is 1. The van der Waals surface area contributed by atoms with Crippen molar-refractivity contribution in [1.29, 1.82) is 0 Å². The molecule has 1 aromatic heterocycles. The average Bonchev–Trinajstić information content (AvgIpc) is 2.34. The molecule has 19 heavy (non-hydrogen) atoms. The molecule has 0 amide bonds. The van der Waals surface area contributed by atoms with Crippen molar-refractivity contribution in [3.8, 4) is 5.75 Å². The third-order valence-corrected chi connectivity index (χ3v) is 2.90. The van der Waals surface area contributed by atoms with Crippen molar-refractivity contribution in [2.24, 2.45) is 0 Å². The highest BCUT2D eigenvalue weighted by atomic mass is 16.5. The van der Waals surface area contributed by atoms with E-state index >= 15 is 0 Å². The molecule has 0 saturated heterocycles. The van der Waals surface area contributed by atoms with Crippen LogP contribution < -0.4 is 5.63 Å². The van der Waals surface area contributed by atoms with E-state index in [1.807, 2.05) is 0 Å². The van der Waals surface area contributed by atoms with E-state index in [1.165, 1.54) is 12.1 Å². The van der Waals surface area contributed by atoms with E-state index < -0.39 is 11.6 Å². The first-order chi connectivity index (χ1) is 9.02. The Labute approximate surface area is 109 Å². The van der Waals surface area contributed by atoms with Crippen LogP contribution in [0.4, 0.5) is 0 Å². The Balaban J connectivity index is 2.53. The number of fused-ring (bicyclic) bond motifs is 1. The molecule has 0 saturated carbocycles. The molecule has 2 aromatic rings. The minimum Gasteiger partial charge on any atom is -0.508 e. The summed E-state index contributed by atoms with van der Waals surface area (Å²) in [5.41, 5.74) is 0.676. The van der Waals surface area contributed by atoms with Gasteiger partial charge in [-0.1, -0.05) is 0 Å². The molecule has 0 fully saturated rings. The zero-order valence-electron chi connectivity index (χ0n) is 10.7. The van der Waals surface area contributed by atoms with Crippen LogP contribution in [0.15, 0.2) is 27.4 Å². The Bertz CT molecular complexity index is 684. The lowest BCUT2D eigenvalue weighted by Crippen LogP contribution is -2.17. The summed E-state index contributed by atoms with van der Waals surface area (Å²) in [6.07, 6.45) is -0.112. The zero-order chi connectivity index (χ0) is 14.0. The van der Waals surface area contributed by atoms with Gasteiger partial charge in [0.1, 0.15) is 11.3 Å². The van der Waals surface area contributed by atoms with Crippen molar-refractivity contribution in [3.05, 3.63) is 39.7 Å². The molecular weight excluding hydrogens is 248 g/mol. The number of aryl methyl sites for hydroxylation is 1. The molecule has 5 nitrogen and oxygen atoms in total. The van der Waals surface area contributed by atoms with E-state index in [4.69, 9.17) is 9.15 Å². The summed E-state index contributed by atoms with van der Waals surface area (Å²) in [5, 5.41) is 10.1. The fraction of sp³-hybridized carbons (Fsp3) is 0.286. The molecule has 0 radical (unpaired) electrons. The monoisotopic (exact) mass is 262 g/mol. The maximum atomic E-state index is 11.8. The van der Waals surface area contributed by atoms with Gasteiger partial charge in [0.2, 0.25) is 0 Å². The largest absolute Gasteiger partial charge is 0.508 e. The number of rotatable bonds is 3. The molecule has 0 aliphatic heterocycles. The molecule has 0 aliphatic rings. The molecule has 0 aliphatic carbocycles. The van der Waals surface area contributed by atoms with Crippen LogP contribution in [0.25, 0.3) is 11.0 Å². The van der Waals surface area contributed by atoms with Gasteiger partial charge in [0, 0.05) is 11.5 Å². The number of hydrogen-bond donors (Lipinski definition) is 1. The summed E-state index contributed by atoms with van der Waals surface area (Å²) in [6, 6.07) is 4.53. The zero-order valence-corrected chi connectivity index (χ0v) is 10.7. The second kappa shape index (κ2) is 5.14. The first-order valence-electron chi connectivity index (χ1n) is 5.94. The van der Waals surface area contributed by atoms with Gasteiger partial charge in [-0.2, -0.15) is 0 Å². The maximum Gasteiger partial charge on any atom is 0.340 e. The van der Waals surface area contributed by atoms with Gasteiger partial charge in [-0.25, -0.2) is 4.79 Å². The third kappa shape index (κ3) is 2.59. The van der Waals surface area contributed by atoms with Crippen LogP contribution in [0.3, 0.4) is 0 Å². The topological polar surface area (TPSA) is 76.7 Å². The lowest BCUT2D eigenvalue weighted by Gasteiger charge is -2.07. The van der Waals surface area contributed by atoms with Crippen LogP contribution in [0.5, 0.6) is 5.75 Å². The number of ether oxygens (including phenoxy) is 1. The van der Waals surface area contributed by atoms with Gasteiger partial charge in [0.05, 0.1) is 18.6 Å². The van der Waals surface area contributed by atoms with E-state index in [9.17, 15) is 14.7 Å². The average molecular weight is 262 g/mol. The first kappa shape index (κ1) is 13.1. The number of esters is 1. The van der Waals surface area contributed by atoms with Crippen molar-refractivity contribution < 1.29 is 19.1 Å². The predicted molar refractivity (Wildman–Crippen MR) is 69.2 cm³/mol. The Morgan fingerprint density at radius 1 is 1.42 bits per heavy atom. The minimum atomic E-state index is -0.580. The Kier molecular flexibility index (Phi) is 3.55. The summed E-state index contributed by atoms with van der Waals surface area (Å²) in [5.74, 6) is -0.441. The van der Waals surface area contributed by atoms with Crippen LogP contribution in [0.1, 0.15) is 18.1 Å². The number of carbonyl (C=O) groups excluding carboxylic acids is 1. The highest BCUT2D eigenvalue weighted by Gasteiger charge is 2.15. The van der Waals surface area contributed by atoms with Gasteiger partial charge in [-0.3, -0.25) is 4.79 Å². The normalized spacial score (nSPS) is 10.6. The van der Waals surface area contributed by atoms with Crippen LogP contribution in [0.2, 0.25) is 0 Å². The summed E-state index contributed by atoms with van der Waals surface area (Å²) in [6.45, 7) is 3.71. The summed E-state index contributed by atoms with van der Waals surface area (Å²) >= 11 is 0. The fourth-order valence-electron chi connectivity index (χ4n) is 1.94. The third-order valence-electron chi connectivity index (χ3n) is 2.90. The molecule has 2 rings (SSSR count). The molecule has 1 N–H and O–H groups in total. The quantitative estimate of drug-likeness (QED) is 0.675. The predicted octanol–water partition coefficient (Wildman–Crippen LogP) is 1.91. The van der Waals surface area contributed by atoms with E-state index in [-0.39, 0.29) is 24.3 Å². The molecular formula is C14H14O5. The molecule has 0 atom stereocenters. The first-order valence-corrected chi connectivity index (χ1v) is 5.94. The number of hydrogen-bond acceptors (Lipinski definition) is 5. The SMILES string of the molecule is CCOC(=O)Cc1c(C)c2ccc(O)cc2oc1=O. The number of carbonyl (C=O) groups is 1. The summed E-state index contributed by atoms with van der Waals surface area (Å²) < 4.78 is 9.94. The fourth-order valence-corrected chi connectivity index (χ4v) is 1.94. The van der Waals surface area contributed by atoms with Crippen LogP contribution in [-0.4, -0.2) is 17.7 Å². The smallest absolute Gasteiger partial charge is 0.340 e. The van der Waals surface area contributed by atoms with Gasteiger partial charge < -0.3 is 14.3 Å². The Morgan fingerprint density at radius 2 is 2.16 bits per heavy atom. The van der Waals surface area contributed by atoms with Gasteiger partial charge in [-0.15, -0.1) is 0 Å².